The largest absolute Gasteiger partial charge is 0.481 e. The molecule has 0 radical (unpaired) electrons. The summed E-state index contributed by atoms with van der Waals surface area (Å²) in [6.07, 6.45) is 0. The van der Waals surface area contributed by atoms with Crippen LogP contribution in [0, 0.1) is 19.8 Å². The number of carboxylic acid groups (broad SMARTS) is 1. The number of carbonyl (C=O) groups excluding carboxylic acids is 1. The zero-order valence-corrected chi connectivity index (χ0v) is 14.1. The first-order chi connectivity index (χ1) is 10.1. The van der Waals surface area contributed by atoms with Gasteiger partial charge >= 0.3 is 5.97 Å². The summed E-state index contributed by atoms with van der Waals surface area (Å²) in [6.45, 7) is 9.41. The SMILES string of the molecule is Cc1cc(C(=O)N(C)C(C)C(C)C)cc(C)c1OCC(=O)O. The Morgan fingerprint density at radius 2 is 1.68 bits per heavy atom. The summed E-state index contributed by atoms with van der Waals surface area (Å²) >= 11 is 0. The van der Waals surface area contributed by atoms with Gasteiger partial charge < -0.3 is 14.7 Å². The molecule has 122 valence electrons. The Labute approximate surface area is 131 Å². The predicted molar refractivity (Wildman–Crippen MR) is 85.4 cm³/mol. The fraction of sp³-hybridized carbons (Fsp3) is 0.529. The number of amides is 1. The number of nitrogens with zero attached hydrogens (tertiary/aromatic N) is 1. The molecular formula is C17H25NO4. The highest BCUT2D eigenvalue weighted by Gasteiger charge is 2.21. The second-order valence-corrected chi connectivity index (χ2v) is 6.02. The normalized spacial score (nSPS) is 12.1. The molecule has 1 atom stereocenters. The molecule has 0 spiro atoms. The Morgan fingerprint density at radius 1 is 1.18 bits per heavy atom. The van der Waals surface area contributed by atoms with Crippen molar-refractivity contribution in [2.75, 3.05) is 13.7 Å². The summed E-state index contributed by atoms with van der Waals surface area (Å²) < 4.78 is 5.29. The van der Waals surface area contributed by atoms with E-state index in [4.69, 9.17) is 9.84 Å². The van der Waals surface area contributed by atoms with Crippen molar-refractivity contribution in [2.24, 2.45) is 5.92 Å². The first kappa shape index (κ1) is 18.0. The highest BCUT2D eigenvalue weighted by Crippen LogP contribution is 2.26. The van der Waals surface area contributed by atoms with Gasteiger partial charge in [-0.1, -0.05) is 13.8 Å². The van der Waals surface area contributed by atoms with Crippen LogP contribution in [0.1, 0.15) is 42.3 Å². The van der Waals surface area contributed by atoms with E-state index < -0.39 is 5.97 Å². The zero-order valence-electron chi connectivity index (χ0n) is 14.1. The number of benzene rings is 1. The standard InChI is InChI=1S/C17H25NO4/c1-10(2)13(5)18(6)17(21)14-7-11(3)16(12(4)8-14)22-9-15(19)20/h7-8,10,13H,9H2,1-6H3,(H,19,20). The molecule has 1 rings (SSSR count). The molecule has 0 saturated heterocycles. The molecule has 22 heavy (non-hydrogen) atoms. The van der Waals surface area contributed by atoms with Gasteiger partial charge in [0.1, 0.15) is 5.75 Å². The highest BCUT2D eigenvalue weighted by atomic mass is 16.5. The van der Waals surface area contributed by atoms with Crippen LogP contribution in [0.15, 0.2) is 12.1 Å². The van der Waals surface area contributed by atoms with Gasteiger partial charge in [0.2, 0.25) is 0 Å². The van der Waals surface area contributed by atoms with Crippen molar-refractivity contribution in [3.05, 3.63) is 28.8 Å². The molecule has 0 bridgehead atoms. The third-order valence-electron chi connectivity index (χ3n) is 3.94. The van der Waals surface area contributed by atoms with Crippen LogP contribution in [-0.4, -0.2) is 41.6 Å². The second kappa shape index (κ2) is 7.29. The number of hydrogen-bond donors (Lipinski definition) is 1. The van der Waals surface area contributed by atoms with Gasteiger partial charge in [0, 0.05) is 18.7 Å². The predicted octanol–water partition coefficient (Wildman–Crippen LogP) is 2.88. The van der Waals surface area contributed by atoms with Gasteiger partial charge in [0.25, 0.3) is 5.91 Å². The fourth-order valence-corrected chi connectivity index (χ4v) is 2.27. The molecule has 0 aromatic heterocycles. The maximum Gasteiger partial charge on any atom is 0.341 e. The van der Waals surface area contributed by atoms with Crippen molar-refractivity contribution in [3.8, 4) is 5.75 Å². The van der Waals surface area contributed by atoms with Crippen LogP contribution < -0.4 is 4.74 Å². The average Bonchev–Trinajstić information content (AvgIpc) is 2.43. The van der Waals surface area contributed by atoms with E-state index in [1.807, 2.05) is 20.8 Å². The molecule has 1 N–H and O–H groups in total. The van der Waals surface area contributed by atoms with Crippen molar-refractivity contribution in [1.29, 1.82) is 0 Å². The molecule has 5 nitrogen and oxygen atoms in total. The lowest BCUT2D eigenvalue weighted by Crippen LogP contribution is -2.38. The Kier molecular flexibility index (Phi) is 5.97. The van der Waals surface area contributed by atoms with Crippen LogP contribution in [0.4, 0.5) is 0 Å². The summed E-state index contributed by atoms with van der Waals surface area (Å²) in [4.78, 5) is 24.9. The van der Waals surface area contributed by atoms with E-state index in [2.05, 4.69) is 13.8 Å². The third-order valence-corrected chi connectivity index (χ3v) is 3.94. The van der Waals surface area contributed by atoms with Gasteiger partial charge in [-0.2, -0.15) is 0 Å². The molecule has 1 aromatic carbocycles. The highest BCUT2D eigenvalue weighted by molar-refractivity contribution is 5.95. The van der Waals surface area contributed by atoms with Crippen LogP contribution in [0.5, 0.6) is 5.75 Å². The number of carboxylic acids is 1. The molecule has 5 heteroatoms. The lowest BCUT2D eigenvalue weighted by atomic mass is 10.0. The van der Waals surface area contributed by atoms with E-state index in [0.717, 1.165) is 11.1 Å². The summed E-state index contributed by atoms with van der Waals surface area (Å²) in [6, 6.07) is 3.63. The monoisotopic (exact) mass is 307 g/mol. The summed E-state index contributed by atoms with van der Waals surface area (Å²) in [5, 5.41) is 8.70. The molecule has 0 aliphatic carbocycles. The fourth-order valence-electron chi connectivity index (χ4n) is 2.27. The number of aliphatic carboxylic acids is 1. The number of carbonyl (C=O) groups is 2. The molecule has 1 amide bonds. The van der Waals surface area contributed by atoms with E-state index in [1.165, 1.54) is 0 Å². The summed E-state index contributed by atoms with van der Waals surface area (Å²) in [5.74, 6) is -0.172. The molecule has 0 saturated carbocycles. The van der Waals surface area contributed by atoms with Gasteiger partial charge in [0.15, 0.2) is 6.61 Å². The minimum absolute atomic E-state index is 0.0443. The maximum atomic E-state index is 12.6. The van der Waals surface area contributed by atoms with Crippen molar-refractivity contribution in [2.45, 2.75) is 40.7 Å². The zero-order chi connectivity index (χ0) is 17.0. The Morgan fingerprint density at radius 3 is 2.09 bits per heavy atom. The molecule has 0 aliphatic heterocycles. The Hall–Kier alpha value is -2.04. The summed E-state index contributed by atoms with van der Waals surface area (Å²) in [5.41, 5.74) is 2.11. The smallest absolute Gasteiger partial charge is 0.341 e. The minimum atomic E-state index is -1.02. The quantitative estimate of drug-likeness (QED) is 0.877. The topological polar surface area (TPSA) is 66.8 Å². The first-order valence-corrected chi connectivity index (χ1v) is 7.38. The molecule has 1 aromatic rings. The summed E-state index contributed by atoms with van der Waals surface area (Å²) in [7, 11) is 1.80. The van der Waals surface area contributed by atoms with Crippen molar-refractivity contribution in [3.63, 3.8) is 0 Å². The van der Waals surface area contributed by atoms with Crippen LogP contribution in [0.2, 0.25) is 0 Å². The first-order valence-electron chi connectivity index (χ1n) is 7.38. The van der Waals surface area contributed by atoms with Crippen LogP contribution in [0.3, 0.4) is 0 Å². The van der Waals surface area contributed by atoms with Crippen LogP contribution in [-0.2, 0) is 4.79 Å². The van der Waals surface area contributed by atoms with Gasteiger partial charge in [-0.15, -0.1) is 0 Å². The average molecular weight is 307 g/mol. The lowest BCUT2D eigenvalue weighted by molar-refractivity contribution is -0.139. The van der Waals surface area contributed by atoms with E-state index >= 15 is 0 Å². The minimum Gasteiger partial charge on any atom is -0.481 e. The molecule has 0 aliphatic rings. The number of aryl methyl sites for hydroxylation is 2. The van der Waals surface area contributed by atoms with Gasteiger partial charge in [-0.05, 0) is 49.9 Å². The maximum absolute atomic E-state index is 12.6. The third kappa shape index (κ3) is 4.23. The number of ether oxygens (including phenoxy) is 1. The molecular weight excluding hydrogens is 282 g/mol. The van der Waals surface area contributed by atoms with E-state index in [0.29, 0.717) is 17.2 Å². The van der Waals surface area contributed by atoms with Crippen LogP contribution >= 0.6 is 0 Å². The molecule has 0 fully saturated rings. The van der Waals surface area contributed by atoms with Crippen molar-refractivity contribution >= 4 is 11.9 Å². The lowest BCUT2D eigenvalue weighted by Gasteiger charge is -2.28. The second-order valence-electron chi connectivity index (χ2n) is 6.02. The Bertz CT molecular complexity index is 543. The van der Waals surface area contributed by atoms with Crippen molar-refractivity contribution < 1.29 is 19.4 Å². The number of rotatable bonds is 6. The number of hydrogen-bond acceptors (Lipinski definition) is 3. The molecule has 1 unspecified atom stereocenters. The van der Waals surface area contributed by atoms with E-state index in [1.54, 1.807) is 24.1 Å². The van der Waals surface area contributed by atoms with Gasteiger partial charge in [-0.3, -0.25) is 4.79 Å². The van der Waals surface area contributed by atoms with E-state index in [9.17, 15) is 9.59 Å². The van der Waals surface area contributed by atoms with Crippen molar-refractivity contribution in [1.82, 2.24) is 4.90 Å². The Balaban J connectivity index is 3.03. The molecule has 0 heterocycles. The van der Waals surface area contributed by atoms with Gasteiger partial charge in [-0.25, -0.2) is 4.79 Å². The van der Waals surface area contributed by atoms with Crippen LogP contribution in [0.25, 0.3) is 0 Å². The van der Waals surface area contributed by atoms with Gasteiger partial charge in [0.05, 0.1) is 0 Å². The van der Waals surface area contributed by atoms with E-state index in [-0.39, 0.29) is 18.6 Å².